The SMILES string of the molecule is O=CNc1nc(-c2cccc(O)c2)nc2c1[nH]c(=O)n2C1CCCC1. The van der Waals surface area contributed by atoms with E-state index >= 15 is 0 Å². The molecule has 0 saturated heterocycles. The van der Waals surface area contributed by atoms with Crippen molar-refractivity contribution < 1.29 is 9.90 Å². The number of fused-ring (bicyclic) bond motifs is 1. The Kier molecular flexibility index (Phi) is 3.72. The second-order valence-electron chi connectivity index (χ2n) is 6.15. The monoisotopic (exact) mass is 339 g/mol. The van der Waals surface area contributed by atoms with Gasteiger partial charge in [0.1, 0.15) is 11.3 Å². The van der Waals surface area contributed by atoms with E-state index in [4.69, 9.17) is 0 Å². The molecule has 8 heteroatoms. The second kappa shape index (κ2) is 6.04. The fourth-order valence-corrected chi connectivity index (χ4v) is 3.44. The van der Waals surface area contributed by atoms with Crippen molar-refractivity contribution in [3.63, 3.8) is 0 Å². The molecular weight excluding hydrogens is 322 g/mol. The van der Waals surface area contributed by atoms with Gasteiger partial charge in [0.2, 0.25) is 6.41 Å². The van der Waals surface area contributed by atoms with E-state index in [1.165, 1.54) is 6.07 Å². The molecule has 1 aliphatic carbocycles. The van der Waals surface area contributed by atoms with Crippen molar-refractivity contribution >= 4 is 23.4 Å². The van der Waals surface area contributed by atoms with E-state index in [0.29, 0.717) is 29.0 Å². The number of carbonyl (C=O) groups excluding carboxylic acids is 1. The van der Waals surface area contributed by atoms with Crippen LogP contribution in [0.4, 0.5) is 5.82 Å². The lowest BCUT2D eigenvalue weighted by Crippen LogP contribution is -2.20. The van der Waals surface area contributed by atoms with E-state index < -0.39 is 0 Å². The highest BCUT2D eigenvalue weighted by atomic mass is 16.3. The van der Waals surface area contributed by atoms with Gasteiger partial charge in [0.25, 0.3) is 0 Å². The maximum absolute atomic E-state index is 12.5. The number of aromatic hydroxyl groups is 1. The molecule has 0 unspecified atom stereocenters. The summed E-state index contributed by atoms with van der Waals surface area (Å²) in [5, 5.41) is 12.2. The number of anilines is 1. The third kappa shape index (κ3) is 2.65. The van der Waals surface area contributed by atoms with Crippen molar-refractivity contribution in [1.82, 2.24) is 19.5 Å². The molecule has 1 saturated carbocycles. The zero-order valence-corrected chi connectivity index (χ0v) is 13.4. The van der Waals surface area contributed by atoms with Crippen LogP contribution >= 0.6 is 0 Å². The maximum atomic E-state index is 12.5. The first kappa shape index (κ1) is 15.4. The van der Waals surface area contributed by atoms with E-state index in [0.717, 1.165) is 25.7 Å². The molecule has 25 heavy (non-hydrogen) atoms. The minimum absolute atomic E-state index is 0.0911. The Morgan fingerprint density at radius 2 is 2.08 bits per heavy atom. The first-order valence-corrected chi connectivity index (χ1v) is 8.19. The molecule has 2 heterocycles. The Labute approximate surface area is 142 Å². The van der Waals surface area contributed by atoms with Gasteiger partial charge in [0, 0.05) is 11.6 Å². The van der Waals surface area contributed by atoms with Crippen LogP contribution in [0.15, 0.2) is 29.1 Å². The van der Waals surface area contributed by atoms with Crippen molar-refractivity contribution in [2.75, 3.05) is 5.32 Å². The molecule has 0 spiro atoms. The highest BCUT2D eigenvalue weighted by Gasteiger charge is 2.24. The van der Waals surface area contributed by atoms with Gasteiger partial charge in [-0.1, -0.05) is 25.0 Å². The molecule has 2 aromatic heterocycles. The number of nitrogens with one attached hydrogen (secondary N) is 2. The van der Waals surface area contributed by atoms with Crippen LogP contribution in [0.3, 0.4) is 0 Å². The standard InChI is InChI=1S/C17H17N5O3/c23-9-18-15-13-16(22(17(25)19-13)11-5-1-2-6-11)21-14(20-15)10-4-3-7-12(24)8-10/h3-4,7-9,11,24H,1-2,5-6H2,(H,19,25)(H,18,20,21,23). The molecule has 0 atom stereocenters. The van der Waals surface area contributed by atoms with Gasteiger partial charge in [-0.15, -0.1) is 0 Å². The summed E-state index contributed by atoms with van der Waals surface area (Å²) in [7, 11) is 0. The highest BCUT2D eigenvalue weighted by molar-refractivity contribution is 5.90. The maximum Gasteiger partial charge on any atom is 0.328 e. The Balaban J connectivity index is 1.97. The van der Waals surface area contributed by atoms with Crippen LogP contribution in [0.2, 0.25) is 0 Å². The quantitative estimate of drug-likeness (QED) is 0.631. The third-order valence-corrected chi connectivity index (χ3v) is 4.56. The summed E-state index contributed by atoms with van der Waals surface area (Å²) in [6, 6.07) is 6.63. The zero-order chi connectivity index (χ0) is 17.4. The molecule has 1 fully saturated rings. The number of phenolic OH excluding ortho intramolecular Hbond substituents is 1. The molecule has 128 valence electrons. The molecule has 3 aromatic rings. The van der Waals surface area contributed by atoms with Gasteiger partial charge in [-0.05, 0) is 25.0 Å². The molecular formula is C17H17N5O3. The summed E-state index contributed by atoms with van der Waals surface area (Å²) in [5.41, 5.74) is 1.23. The Morgan fingerprint density at radius 1 is 1.28 bits per heavy atom. The van der Waals surface area contributed by atoms with Crippen LogP contribution in [0.1, 0.15) is 31.7 Å². The molecule has 1 amide bonds. The lowest BCUT2D eigenvalue weighted by molar-refractivity contribution is -0.105. The van der Waals surface area contributed by atoms with E-state index in [9.17, 15) is 14.7 Å². The Bertz CT molecular complexity index is 1000. The minimum atomic E-state index is -0.252. The van der Waals surface area contributed by atoms with Crippen molar-refractivity contribution in [1.29, 1.82) is 0 Å². The number of rotatable bonds is 4. The minimum Gasteiger partial charge on any atom is -0.508 e. The summed E-state index contributed by atoms with van der Waals surface area (Å²) < 4.78 is 1.66. The number of benzene rings is 1. The predicted molar refractivity (Wildman–Crippen MR) is 92.4 cm³/mol. The molecule has 8 nitrogen and oxygen atoms in total. The number of hydrogen-bond acceptors (Lipinski definition) is 5. The molecule has 0 aliphatic heterocycles. The van der Waals surface area contributed by atoms with Crippen LogP contribution < -0.4 is 11.0 Å². The summed E-state index contributed by atoms with van der Waals surface area (Å²) in [5.74, 6) is 0.666. The van der Waals surface area contributed by atoms with E-state index in [2.05, 4.69) is 20.3 Å². The topological polar surface area (TPSA) is 113 Å². The van der Waals surface area contributed by atoms with E-state index in [-0.39, 0.29) is 23.3 Å². The van der Waals surface area contributed by atoms with Crippen molar-refractivity contribution in [3.8, 4) is 17.1 Å². The normalized spacial score (nSPS) is 14.9. The summed E-state index contributed by atoms with van der Waals surface area (Å²) in [4.78, 5) is 35.1. The second-order valence-corrected chi connectivity index (χ2v) is 6.15. The number of H-pyrrole nitrogens is 1. The van der Waals surface area contributed by atoms with Crippen LogP contribution in [-0.2, 0) is 4.79 Å². The molecule has 4 rings (SSSR count). The number of amides is 1. The fourth-order valence-electron chi connectivity index (χ4n) is 3.44. The summed E-state index contributed by atoms with van der Waals surface area (Å²) in [6.07, 6.45) is 4.52. The number of aromatic amines is 1. The van der Waals surface area contributed by atoms with Gasteiger partial charge in [-0.2, -0.15) is 0 Å². The van der Waals surface area contributed by atoms with E-state index in [1.54, 1.807) is 22.8 Å². The van der Waals surface area contributed by atoms with Gasteiger partial charge >= 0.3 is 5.69 Å². The number of phenols is 1. The van der Waals surface area contributed by atoms with Gasteiger partial charge in [0.05, 0.1) is 0 Å². The lowest BCUT2D eigenvalue weighted by atomic mass is 10.2. The number of imidazole rings is 1. The predicted octanol–water partition coefficient (Wildman–Crippen LogP) is 2.18. The average Bonchev–Trinajstić information content (AvgIpc) is 3.22. The Hall–Kier alpha value is -3.16. The van der Waals surface area contributed by atoms with Crippen LogP contribution in [0.25, 0.3) is 22.6 Å². The number of aromatic nitrogens is 4. The van der Waals surface area contributed by atoms with Crippen LogP contribution in [0, 0.1) is 0 Å². The molecule has 1 aliphatic rings. The van der Waals surface area contributed by atoms with Crippen molar-refractivity contribution in [2.24, 2.45) is 0 Å². The van der Waals surface area contributed by atoms with Crippen LogP contribution in [-0.4, -0.2) is 31.0 Å². The van der Waals surface area contributed by atoms with Crippen LogP contribution in [0.5, 0.6) is 5.75 Å². The fraction of sp³-hybridized carbons (Fsp3) is 0.294. The van der Waals surface area contributed by atoms with E-state index in [1.807, 2.05) is 0 Å². The summed E-state index contributed by atoms with van der Waals surface area (Å²) in [6.45, 7) is 0. The van der Waals surface area contributed by atoms with Gasteiger partial charge < -0.3 is 15.4 Å². The smallest absolute Gasteiger partial charge is 0.328 e. The number of hydrogen-bond donors (Lipinski definition) is 3. The van der Waals surface area contributed by atoms with Crippen molar-refractivity contribution in [3.05, 3.63) is 34.7 Å². The molecule has 3 N–H and O–H groups in total. The first-order valence-electron chi connectivity index (χ1n) is 8.19. The largest absolute Gasteiger partial charge is 0.508 e. The van der Waals surface area contributed by atoms with Crippen molar-refractivity contribution in [2.45, 2.75) is 31.7 Å². The van der Waals surface area contributed by atoms with Gasteiger partial charge in [0.15, 0.2) is 17.3 Å². The zero-order valence-electron chi connectivity index (χ0n) is 13.4. The van der Waals surface area contributed by atoms with Gasteiger partial charge in [-0.25, -0.2) is 14.8 Å². The number of carbonyl (C=O) groups is 1. The Morgan fingerprint density at radius 3 is 2.80 bits per heavy atom. The first-order chi connectivity index (χ1) is 12.2. The molecule has 1 aromatic carbocycles. The lowest BCUT2D eigenvalue weighted by Gasteiger charge is -2.12. The summed E-state index contributed by atoms with van der Waals surface area (Å²) >= 11 is 0. The molecule has 0 bridgehead atoms. The highest BCUT2D eigenvalue weighted by Crippen LogP contribution is 2.32. The van der Waals surface area contributed by atoms with Gasteiger partial charge in [-0.3, -0.25) is 9.36 Å². The third-order valence-electron chi connectivity index (χ3n) is 4.56. The molecule has 0 radical (unpaired) electrons. The average molecular weight is 339 g/mol. The number of nitrogens with zero attached hydrogens (tertiary/aromatic N) is 3.